The molecule has 3 heterocycles. The number of hydrogen-bond donors (Lipinski definition) is 0. The zero-order valence-electron chi connectivity index (χ0n) is 17.5. The standard InChI is InChI=1S/C22H30F3N5/c1-28-10-2-3-17(15-28)16-29-11-13-30(14-12-29)21-9-8-20(26-27-21)18-4-6-19(7-5-18)22(23,24)25/h4-6,8-9,17,19H,2-3,7,10-16H2,1H3. The van der Waals surface area contributed by atoms with Gasteiger partial charge < -0.3 is 9.80 Å². The SMILES string of the molecule is CN1CCCC(CN2CCN(c3ccc(C4=CCC(C(F)(F)F)C=C4)nn3)CC2)C1. The minimum absolute atomic E-state index is 0.0441. The predicted molar refractivity (Wildman–Crippen MR) is 112 cm³/mol. The smallest absolute Gasteiger partial charge is 0.353 e. The first-order chi connectivity index (χ1) is 14.4. The number of hydrogen-bond acceptors (Lipinski definition) is 5. The van der Waals surface area contributed by atoms with Gasteiger partial charge in [-0.15, -0.1) is 10.2 Å². The van der Waals surface area contributed by atoms with Crippen molar-refractivity contribution >= 4 is 11.4 Å². The van der Waals surface area contributed by atoms with Crippen LogP contribution in [0.3, 0.4) is 0 Å². The third-order valence-electron chi connectivity index (χ3n) is 6.40. The molecule has 0 N–H and O–H groups in total. The third-order valence-corrected chi connectivity index (χ3v) is 6.40. The highest BCUT2D eigenvalue weighted by atomic mass is 19.4. The van der Waals surface area contributed by atoms with Crippen LogP contribution in [0, 0.1) is 11.8 Å². The van der Waals surface area contributed by atoms with Gasteiger partial charge in [-0.2, -0.15) is 13.2 Å². The monoisotopic (exact) mass is 421 g/mol. The summed E-state index contributed by atoms with van der Waals surface area (Å²) in [6, 6.07) is 3.79. The second kappa shape index (κ2) is 9.06. The van der Waals surface area contributed by atoms with Crippen LogP contribution in [0.15, 0.2) is 30.4 Å². The van der Waals surface area contributed by atoms with Crippen molar-refractivity contribution in [1.82, 2.24) is 20.0 Å². The van der Waals surface area contributed by atoms with Crippen molar-refractivity contribution in [3.05, 3.63) is 36.1 Å². The summed E-state index contributed by atoms with van der Waals surface area (Å²) in [4.78, 5) is 7.23. The molecule has 2 fully saturated rings. The molecule has 2 saturated heterocycles. The molecule has 2 aliphatic heterocycles. The number of halogens is 3. The number of anilines is 1. The van der Waals surface area contributed by atoms with Crippen LogP contribution in [0.1, 0.15) is 25.0 Å². The van der Waals surface area contributed by atoms with Gasteiger partial charge in [0, 0.05) is 39.3 Å². The predicted octanol–water partition coefficient (Wildman–Crippen LogP) is 3.46. The molecule has 1 aromatic rings. The summed E-state index contributed by atoms with van der Waals surface area (Å²) < 4.78 is 38.4. The number of allylic oxidation sites excluding steroid dienone is 4. The number of likely N-dealkylation sites (tertiary alicyclic amines) is 1. The van der Waals surface area contributed by atoms with Gasteiger partial charge in [0.2, 0.25) is 0 Å². The molecule has 4 rings (SSSR count). The Balaban J connectivity index is 1.28. The number of aromatic nitrogens is 2. The van der Waals surface area contributed by atoms with Gasteiger partial charge in [-0.1, -0.05) is 18.2 Å². The molecule has 0 bridgehead atoms. The maximum Gasteiger partial charge on any atom is 0.395 e. The van der Waals surface area contributed by atoms with E-state index in [1.54, 1.807) is 6.08 Å². The summed E-state index contributed by atoms with van der Waals surface area (Å²) in [6.07, 6.45) is 2.71. The number of piperidine rings is 1. The lowest BCUT2D eigenvalue weighted by Gasteiger charge is -2.38. The fraction of sp³-hybridized carbons (Fsp3) is 0.636. The van der Waals surface area contributed by atoms with Gasteiger partial charge in [-0.25, -0.2) is 0 Å². The molecule has 164 valence electrons. The average Bonchev–Trinajstić information content (AvgIpc) is 2.74. The Bertz CT molecular complexity index is 766. The van der Waals surface area contributed by atoms with E-state index in [0.717, 1.165) is 37.9 Å². The second-order valence-electron chi connectivity index (χ2n) is 8.74. The summed E-state index contributed by atoms with van der Waals surface area (Å²) in [5.41, 5.74) is 1.33. The van der Waals surface area contributed by atoms with E-state index < -0.39 is 12.1 Å². The zero-order chi connectivity index (χ0) is 21.1. The zero-order valence-corrected chi connectivity index (χ0v) is 17.5. The number of piperazine rings is 1. The molecule has 30 heavy (non-hydrogen) atoms. The largest absolute Gasteiger partial charge is 0.395 e. The highest BCUT2D eigenvalue weighted by molar-refractivity contribution is 5.72. The van der Waals surface area contributed by atoms with E-state index in [2.05, 4.69) is 31.9 Å². The summed E-state index contributed by atoms with van der Waals surface area (Å²) in [6.45, 7) is 7.48. The van der Waals surface area contributed by atoms with Crippen LogP contribution >= 0.6 is 0 Å². The van der Waals surface area contributed by atoms with Gasteiger partial charge in [0.05, 0.1) is 11.6 Å². The maximum atomic E-state index is 12.8. The molecule has 0 radical (unpaired) electrons. The highest BCUT2D eigenvalue weighted by Crippen LogP contribution is 2.34. The van der Waals surface area contributed by atoms with Crippen LogP contribution in [0.25, 0.3) is 5.57 Å². The molecular weight excluding hydrogens is 391 g/mol. The van der Waals surface area contributed by atoms with Gasteiger partial charge >= 0.3 is 6.18 Å². The molecular formula is C22H30F3N5. The highest BCUT2D eigenvalue weighted by Gasteiger charge is 2.37. The topological polar surface area (TPSA) is 35.5 Å². The van der Waals surface area contributed by atoms with Crippen LogP contribution in [0.5, 0.6) is 0 Å². The molecule has 0 saturated carbocycles. The summed E-state index contributed by atoms with van der Waals surface area (Å²) >= 11 is 0. The van der Waals surface area contributed by atoms with Crippen molar-refractivity contribution in [3.8, 4) is 0 Å². The molecule has 5 nitrogen and oxygen atoms in total. The first-order valence-electron chi connectivity index (χ1n) is 10.8. The van der Waals surface area contributed by atoms with Gasteiger partial charge in [0.25, 0.3) is 0 Å². The van der Waals surface area contributed by atoms with E-state index in [-0.39, 0.29) is 6.42 Å². The first kappa shape index (κ1) is 21.3. The Kier molecular flexibility index (Phi) is 6.43. The van der Waals surface area contributed by atoms with Crippen LogP contribution in [0.2, 0.25) is 0 Å². The van der Waals surface area contributed by atoms with Gasteiger partial charge in [0.15, 0.2) is 5.82 Å². The number of alkyl halides is 3. The molecule has 1 aromatic heterocycles. The van der Waals surface area contributed by atoms with Crippen LogP contribution in [0.4, 0.5) is 19.0 Å². The number of nitrogens with zero attached hydrogens (tertiary/aromatic N) is 5. The minimum Gasteiger partial charge on any atom is -0.353 e. The van der Waals surface area contributed by atoms with E-state index in [0.29, 0.717) is 11.3 Å². The van der Waals surface area contributed by atoms with Crippen molar-refractivity contribution in [2.24, 2.45) is 11.8 Å². The van der Waals surface area contributed by atoms with Crippen molar-refractivity contribution in [2.45, 2.75) is 25.4 Å². The van der Waals surface area contributed by atoms with E-state index in [4.69, 9.17) is 0 Å². The lowest BCUT2D eigenvalue weighted by molar-refractivity contribution is -0.160. The average molecular weight is 422 g/mol. The lowest BCUT2D eigenvalue weighted by Crippen LogP contribution is -2.49. The van der Waals surface area contributed by atoms with Crippen LogP contribution in [-0.4, -0.2) is 79.0 Å². The van der Waals surface area contributed by atoms with Crippen molar-refractivity contribution in [2.75, 3.05) is 57.8 Å². The quantitative estimate of drug-likeness (QED) is 0.744. The Morgan fingerprint density at radius 2 is 1.87 bits per heavy atom. The Hall–Kier alpha value is -1.93. The van der Waals surface area contributed by atoms with E-state index in [1.165, 1.54) is 44.6 Å². The Morgan fingerprint density at radius 3 is 2.47 bits per heavy atom. The van der Waals surface area contributed by atoms with E-state index in [1.807, 2.05) is 12.1 Å². The normalized spacial score (nSPS) is 26.7. The summed E-state index contributed by atoms with van der Waals surface area (Å²) in [7, 11) is 2.21. The lowest BCUT2D eigenvalue weighted by atomic mass is 9.95. The first-order valence-corrected chi connectivity index (χ1v) is 10.8. The van der Waals surface area contributed by atoms with Gasteiger partial charge in [-0.05, 0) is 56.5 Å². The van der Waals surface area contributed by atoms with E-state index >= 15 is 0 Å². The minimum atomic E-state index is -4.19. The Morgan fingerprint density at radius 1 is 1.07 bits per heavy atom. The van der Waals surface area contributed by atoms with Crippen molar-refractivity contribution in [3.63, 3.8) is 0 Å². The maximum absolute atomic E-state index is 12.8. The summed E-state index contributed by atoms with van der Waals surface area (Å²) in [5.74, 6) is 0.200. The van der Waals surface area contributed by atoms with Crippen LogP contribution < -0.4 is 4.90 Å². The fourth-order valence-corrected chi connectivity index (χ4v) is 4.65. The molecule has 2 atom stereocenters. The number of rotatable bonds is 4. The van der Waals surface area contributed by atoms with Crippen LogP contribution in [-0.2, 0) is 0 Å². The van der Waals surface area contributed by atoms with Crippen molar-refractivity contribution < 1.29 is 13.2 Å². The van der Waals surface area contributed by atoms with E-state index in [9.17, 15) is 13.2 Å². The summed E-state index contributed by atoms with van der Waals surface area (Å²) in [5, 5.41) is 8.62. The molecule has 0 aromatic carbocycles. The molecule has 8 heteroatoms. The second-order valence-corrected chi connectivity index (χ2v) is 8.74. The molecule has 0 spiro atoms. The third kappa shape index (κ3) is 5.21. The van der Waals surface area contributed by atoms with Gasteiger partial charge in [0.1, 0.15) is 0 Å². The molecule has 3 aliphatic rings. The molecule has 2 unspecified atom stereocenters. The van der Waals surface area contributed by atoms with Gasteiger partial charge in [-0.3, -0.25) is 4.90 Å². The molecule has 0 amide bonds. The van der Waals surface area contributed by atoms with Crippen molar-refractivity contribution in [1.29, 1.82) is 0 Å². The fourth-order valence-electron chi connectivity index (χ4n) is 4.65. The molecule has 1 aliphatic carbocycles. The Labute approximate surface area is 176 Å².